The van der Waals surface area contributed by atoms with Crippen molar-refractivity contribution in [1.82, 2.24) is 10.5 Å². The molecular weight excluding hydrogens is 394 g/mol. The fraction of sp³-hybridized carbons (Fsp3) is 0.190. The van der Waals surface area contributed by atoms with E-state index in [4.69, 9.17) is 20.9 Å². The Morgan fingerprint density at radius 1 is 1.21 bits per heavy atom. The van der Waals surface area contributed by atoms with Crippen molar-refractivity contribution in [3.05, 3.63) is 64.8 Å². The lowest BCUT2D eigenvalue weighted by Crippen LogP contribution is -2.28. The van der Waals surface area contributed by atoms with Crippen LogP contribution in [0.2, 0.25) is 5.02 Å². The minimum absolute atomic E-state index is 0.0280. The minimum Gasteiger partial charge on any atom is -0.492 e. The molecule has 2 amide bonds. The molecule has 0 unspecified atom stereocenters. The van der Waals surface area contributed by atoms with Gasteiger partial charge in [-0.05, 0) is 42.3 Å². The Hall–Kier alpha value is -3.32. The topological polar surface area (TPSA) is 93.5 Å². The van der Waals surface area contributed by atoms with Gasteiger partial charge in [-0.3, -0.25) is 9.59 Å². The van der Waals surface area contributed by atoms with E-state index in [1.54, 1.807) is 30.3 Å². The van der Waals surface area contributed by atoms with Gasteiger partial charge in [0.05, 0.1) is 6.54 Å². The molecule has 0 fully saturated rings. The lowest BCUT2D eigenvalue weighted by atomic mass is 10.0. The summed E-state index contributed by atoms with van der Waals surface area (Å²) in [5.74, 6) is 0.841. The van der Waals surface area contributed by atoms with E-state index in [0.717, 1.165) is 16.8 Å². The number of halogens is 1. The standard InChI is InChI=1S/C21H18ClN3O4/c22-15-3-1-2-14(10-15)19-12-18(25-29-19)21(27)23-8-9-28-16-5-6-17-13(11-16)4-7-20(26)24-17/h1-3,5-6,10-12H,4,7-9H2,(H,23,27)(H,24,26). The van der Waals surface area contributed by atoms with Gasteiger partial charge in [0.1, 0.15) is 12.4 Å². The van der Waals surface area contributed by atoms with Gasteiger partial charge >= 0.3 is 0 Å². The third-order valence-electron chi connectivity index (χ3n) is 4.48. The average Bonchev–Trinajstić information content (AvgIpc) is 3.21. The van der Waals surface area contributed by atoms with E-state index < -0.39 is 0 Å². The van der Waals surface area contributed by atoms with Gasteiger partial charge in [-0.2, -0.15) is 0 Å². The monoisotopic (exact) mass is 411 g/mol. The number of nitrogens with zero attached hydrogens (tertiary/aromatic N) is 1. The lowest BCUT2D eigenvalue weighted by Gasteiger charge is -2.17. The SMILES string of the molecule is O=C1CCc2cc(OCCNC(=O)c3cc(-c4cccc(Cl)c4)on3)ccc2N1. The van der Waals surface area contributed by atoms with Crippen molar-refractivity contribution in [3.63, 3.8) is 0 Å². The third kappa shape index (κ3) is 4.57. The van der Waals surface area contributed by atoms with Crippen LogP contribution in [0.3, 0.4) is 0 Å². The van der Waals surface area contributed by atoms with Crippen LogP contribution >= 0.6 is 11.6 Å². The van der Waals surface area contributed by atoms with Gasteiger partial charge in [-0.1, -0.05) is 28.9 Å². The van der Waals surface area contributed by atoms with Crippen LogP contribution in [0.4, 0.5) is 5.69 Å². The van der Waals surface area contributed by atoms with E-state index in [0.29, 0.717) is 42.5 Å². The van der Waals surface area contributed by atoms with Crippen molar-refractivity contribution in [2.45, 2.75) is 12.8 Å². The van der Waals surface area contributed by atoms with Crippen LogP contribution in [0.5, 0.6) is 5.75 Å². The Morgan fingerprint density at radius 2 is 2.10 bits per heavy atom. The first-order valence-corrected chi connectivity index (χ1v) is 9.53. The average molecular weight is 412 g/mol. The van der Waals surface area contributed by atoms with Crippen molar-refractivity contribution in [3.8, 4) is 17.1 Å². The number of ether oxygens (including phenoxy) is 1. The molecule has 7 nitrogen and oxygen atoms in total. The smallest absolute Gasteiger partial charge is 0.273 e. The van der Waals surface area contributed by atoms with Crippen LogP contribution < -0.4 is 15.4 Å². The predicted molar refractivity (Wildman–Crippen MR) is 108 cm³/mol. The normalized spacial score (nSPS) is 12.8. The number of anilines is 1. The Balaban J connectivity index is 1.28. The van der Waals surface area contributed by atoms with E-state index >= 15 is 0 Å². The van der Waals surface area contributed by atoms with Crippen LogP contribution in [-0.4, -0.2) is 30.1 Å². The maximum absolute atomic E-state index is 12.2. The number of nitrogens with one attached hydrogen (secondary N) is 2. The molecule has 4 rings (SSSR count). The van der Waals surface area contributed by atoms with Crippen molar-refractivity contribution in [2.24, 2.45) is 0 Å². The second-order valence-electron chi connectivity index (χ2n) is 6.56. The molecule has 8 heteroatoms. The van der Waals surface area contributed by atoms with Gasteiger partial charge in [0.2, 0.25) is 5.91 Å². The van der Waals surface area contributed by atoms with E-state index in [-0.39, 0.29) is 17.5 Å². The number of fused-ring (bicyclic) bond motifs is 1. The fourth-order valence-electron chi connectivity index (χ4n) is 3.03. The van der Waals surface area contributed by atoms with Crippen LogP contribution in [0, 0.1) is 0 Å². The van der Waals surface area contributed by atoms with E-state index in [1.807, 2.05) is 18.2 Å². The molecule has 3 aromatic rings. The number of hydrogen-bond acceptors (Lipinski definition) is 5. The second-order valence-corrected chi connectivity index (χ2v) is 6.99. The second kappa shape index (κ2) is 8.36. The molecule has 0 radical (unpaired) electrons. The molecule has 0 bridgehead atoms. The molecular formula is C21H18ClN3O4. The first kappa shape index (κ1) is 19.0. The van der Waals surface area contributed by atoms with E-state index in [9.17, 15) is 9.59 Å². The molecule has 2 heterocycles. The molecule has 2 aromatic carbocycles. The summed E-state index contributed by atoms with van der Waals surface area (Å²) in [6.45, 7) is 0.613. The van der Waals surface area contributed by atoms with Crippen LogP contribution in [0.1, 0.15) is 22.5 Å². The largest absolute Gasteiger partial charge is 0.492 e. The van der Waals surface area contributed by atoms with Crippen LogP contribution in [0.25, 0.3) is 11.3 Å². The van der Waals surface area contributed by atoms with Gasteiger partial charge in [0.15, 0.2) is 11.5 Å². The maximum Gasteiger partial charge on any atom is 0.273 e. The third-order valence-corrected chi connectivity index (χ3v) is 4.72. The number of amides is 2. The highest BCUT2D eigenvalue weighted by Crippen LogP contribution is 2.27. The summed E-state index contributed by atoms with van der Waals surface area (Å²) >= 11 is 5.97. The molecule has 0 saturated heterocycles. The fourth-order valence-corrected chi connectivity index (χ4v) is 3.22. The zero-order chi connectivity index (χ0) is 20.2. The molecule has 1 aliphatic rings. The highest BCUT2D eigenvalue weighted by atomic mass is 35.5. The van der Waals surface area contributed by atoms with Gasteiger partial charge in [0, 0.05) is 28.8 Å². The highest BCUT2D eigenvalue weighted by molar-refractivity contribution is 6.30. The van der Waals surface area contributed by atoms with Crippen LogP contribution in [0.15, 0.2) is 53.1 Å². The number of carbonyl (C=O) groups excluding carboxylic acids is 2. The molecule has 148 valence electrons. The summed E-state index contributed by atoms with van der Waals surface area (Å²) in [6, 6.07) is 14.2. The first-order chi connectivity index (χ1) is 14.1. The molecule has 2 N–H and O–H groups in total. The zero-order valence-corrected chi connectivity index (χ0v) is 16.2. The zero-order valence-electron chi connectivity index (χ0n) is 15.4. The van der Waals surface area contributed by atoms with Gasteiger partial charge < -0.3 is 19.9 Å². The predicted octanol–water partition coefficient (Wildman–Crippen LogP) is 3.69. The summed E-state index contributed by atoms with van der Waals surface area (Å²) in [7, 11) is 0. The molecule has 1 aromatic heterocycles. The number of hydrogen-bond donors (Lipinski definition) is 2. The van der Waals surface area contributed by atoms with Crippen molar-refractivity contribution in [1.29, 1.82) is 0 Å². The van der Waals surface area contributed by atoms with Gasteiger partial charge in [-0.25, -0.2) is 0 Å². The highest BCUT2D eigenvalue weighted by Gasteiger charge is 2.16. The molecule has 0 atom stereocenters. The summed E-state index contributed by atoms with van der Waals surface area (Å²) < 4.78 is 10.9. The number of carbonyl (C=O) groups is 2. The van der Waals surface area contributed by atoms with E-state index in [1.165, 1.54) is 0 Å². The summed E-state index contributed by atoms with van der Waals surface area (Å²) in [5, 5.41) is 9.96. The van der Waals surface area contributed by atoms with Gasteiger partial charge in [-0.15, -0.1) is 0 Å². The van der Waals surface area contributed by atoms with Crippen molar-refractivity contribution >= 4 is 29.1 Å². The van der Waals surface area contributed by atoms with Gasteiger partial charge in [0.25, 0.3) is 5.91 Å². The van der Waals surface area contributed by atoms with Crippen molar-refractivity contribution in [2.75, 3.05) is 18.5 Å². The Morgan fingerprint density at radius 3 is 2.97 bits per heavy atom. The lowest BCUT2D eigenvalue weighted by molar-refractivity contribution is -0.116. The van der Waals surface area contributed by atoms with E-state index in [2.05, 4.69) is 15.8 Å². The minimum atomic E-state index is -0.348. The number of rotatable bonds is 6. The molecule has 1 aliphatic heterocycles. The molecule has 0 spiro atoms. The summed E-state index contributed by atoms with van der Waals surface area (Å²) in [6.07, 6.45) is 1.16. The first-order valence-electron chi connectivity index (χ1n) is 9.15. The molecule has 29 heavy (non-hydrogen) atoms. The number of aromatic nitrogens is 1. The molecule has 0 saturated carbocycles. The number of aryl methyl sites for hydroxylation is 1. The Bertz CT molecular complexity index is 1060. The van der Waals surface area contributed by atoms with Crippen molar-refractivity contribution < 1.29 is 18.8 Å². The quantitative estimate of drug-likeness (QED) is 0.603. The Kier molecular flexibility index (Phi) is 5.48. The summed E-state index contributed by atoms with van der Waals surface area (Å²) in [5.41, 5.74) is 2.80. The maximum atomic E-state index is 12.2. The molecule has 0 aliphatic carbocycles. The Labute approximate surface area is 172 Å². The van der Waals surface area contributed by atoms with Crippen LogP contribution in [-0.2, 0) is 11.2 Å². The number of benzene rings is 2. The summed E-state index contributed by atoms with van der Waals surface area (Å²) in [4.78, 5) is 23.6.